The molecule has 0 aromatic heterocycles. The highest BCUT2D eigenvalue weighted by molar-refractivity contribution is 5.10. The molecule has 27 heavy (non-hydrogen) atoms. The second kappa shape index (κ2) is 8.22. The third-order valence-corrected chi connectivity index (χ3v) is 3.84. The molecule has 164 valence electrons. The highest BCUT2D eigenvalue weighted by Crippen LogP contribution is 2.60. The second-order valence-corrected chi connectivity index (χ2v) is 6.02. The minimum Gasteiger partial charge on any atom is -0.200 e. The maximum Gasteiger partial charge on any atom is 0.460 e. The molecule has 0 rings (SSSR count). The van der Waals surface area contributed by atoms with E-state index in [1.54, 1.807) is 6.92 Å². The number of alkyl halides is 13. The Morgan fingerprint density at radius 2 is 0.815 bits per heavy atom. The molecule has 0 saturated heterocycles. The highest BCUT2D eigenvalue weighted by atomic mass is 19.4. The number of rotatable bonds is 11. The maximum atomic E-state index is 13.4. The van der Waals surface area contributed by atoms with Crippen LogP contribution in [-0.2, 0) is 0 Å². The summed E-state index contributed by atoms with van der Waals surface area (Å²) >= 11 is 0. The molecule has 0 aromatic carbocycles. The molecule has 0 aliphatic carbocycles. The van der Waals surface area contributed by atoms with Gasteiger partial charge in [0.05, 0.1) is 0 Å². The van der Waals surface area contributed by atoms with E-state index in [1.165, 1.54) is 0 Å². The molecule has 0 radical (unpaired) electrons. The monoisotopic (exact) mass is 432 g/mol. The Labute approximate surface area is 146 Å². The first-order valence-electron chi connectivity index (χ1n) is 7.77. The van der Waals surface area contributed by atoms with Crippen LogP contribution in [0.3, 0.4) is 0 Å². The summed E-state index contributed by atoms with van der Waals surface area (Å²) in [6.07, 6.45) is -8.37. The van der Waals surface area contributed by atoms with E-state index in [1.807, 2.05) is 0 Å². The molecule has 0 aromatic rings. The van der Waals surface area contributed by atoms with Crippen LogP contribution in [0.4, 0.5) is 57.1 Å². The van der Waals surface area contributed by atoms with Gasteiger partial charge in [-0.15, -0.1) is 0 Å². The first-order chi connectivity index (χ1) is 11.8. The van der Waals surface area contributed by atoms with Gasteiger partial charge in [-0.3, -0.25) is 0 Å². The van der Waals surface area contributed by atoms with Gasteiger partial charge in [0.25, 0.3) is 0 Å². The Bertz CT molecular complexity index is 464. The topological polar surface area (TPSA) is 0 Å². The minimum absolute atomic E-state index is 0.174. The summed E-state index contributed by atoms with van der Waals surface area (Å²) in [4.78, 5) is 0. The van der Waals surface area contributed by atoms with Gasteiger partial charge in [-0.05, 0) is 6.42 Å². The molecular formula is C14H17F13. The van der Waals surface area contributed by atoms with Gasteiger partial charge in [0, 0.05) is 6.42 Å². The lowest BCUT2D eigenvalue weighted by Gasteiger charge is -2.39. The van der Waals surface area contributed by atoms with Crippen LogP contribution >= 0.6 is 0 Å². The normalized spacial score (nSPS) is 15.3. The SMILES string of the molecule is CCCCCCCCC(F)(F)C(F)(F)C(F)(F)C(F)(F)C(F)(F)C(F)(F)F. The van der Waals surface area contributed by atoms with Crippen molar-refractivity contribution in [1.29, 1.82) is 0 Å². The summed E-state index contributed by atoms with van der Waals surface area (Å²) in [5.41, 5.74) is 0. The van der Waals surface area contributed by atoms with Gasteiger partial charge in [0.2, 0.25) is 0 Å². The summed E-state index contributed by atoms with van der Waals surface area (Å²) in [5, 5.41) is 0. The van der Waals surface area contributed by atoms with Crippen LogP contribution in [0, 0.1) is 0 Å². The van der Waals surface area contributed by atoms with Crippen molar-refractivity contribution in [3.05, 3.63) is 0 Å². The smallest absolute Gasteiger partial charge is 0.200 e. The molecule has 0 N–H and O–H groups in total. The summed E-state index contributed by atoms with van der Waals surface area (Å²) in [5.74, 6) is -36.2. The molecule has 0 atom stereocenters. The van der Waals surface area contributed by atoms with E-state index in [2.05, 4.69) is 0 Å². The predicted molar refractivity (Wildman–Crippen MR) is 68.8 cm³/mol. The van der Waals surface area contributed by atoms with E-state index in [9.17, 15) is 57.1 Å². The average molecular weight is 432 g/mol. The van der Waals surface area contributed by atoms with Gasteiger partial charge in [-0.1, -0.05) is 39.0 Å². The van der Waals surface area contributed by atoms with Crippen molar-refractivity contribution in [2.75, 3.05) is 0 Å². The zero-order chi connectivity index (χ0) is 21.9. The van der Waals surface area contributed by atoms with Crippen LogP contribution in [0.5, 0.6) is 0 Å². The van der Waals surface area contributed by atoms with Gasteiger partial charge in [0.15, 0.2) is 0 Å². The molecule has 0 unspecified atom stereocenters. The molecule has 0 aliphatic heterocycles. The maximum absolute atomic E-state index is 13.4. The van der Waals surface area contributed by atoms with Gasteiger partial charge in [-0.2, -0.15) is 57.1 Å². The van der Waals surface area contributed by atoms with E-state index >= 15 is 0 Å². The fraction of sp³-hybridized carbons (Fsp3) is 1.00. The van der Waals surface area contributed by atoms with E-state index in [0.29, 0.717) is 12.8 Å². The number of unbranched alkanes of at least 4 members (excludes halogenated alkanes) is 5. The number of hydrogen-bond acceptors (Lipinski definition) is 0. The summed E-state index contributed by atoms with van der Waals surface area (Å²) in [6, 6.07) is 0. The van der Waals surface area contributed by atoms with Gasteiger partial charge in [0.1, 0.15) is 0 Å². The Balaban J connectivity index is 5.50. The van der Waals surface area contributed by atoms with E-state index in [-0.39, 0.29) is 12.8 Å². The lowest BCUT2D eigenvalue weighted by molar-refractivity contribution is -0.440. The lowest BCUT2D eigenvalue weighted by atomic mass is 9.91. The van der Waals surface area contributed by atoms with Gasteiger partial charge < -0.3 is 0 Å². The third-order valence-electron chi connectivity index (χ3n) is 3.84. The first-order valence-corrected chi connectivity index (χ1v) is 7.77. The molecule has 0 saturated carbocycles. The predicted octanol–water partition coefficient (Wildman–Crippen LogP) is 7.48. The lowest BCUT2D eigenvalue weighted by Crippen LogP contribution is -2.70. The summed E-state index contributed by atoms with van der Waals surface area (Å²) < 4.78 is 167. The van der Waals surface area contributed by atoms with E-state index in [4.69, 9.17) is 0 Å². The fourth-order valence-electron chi connectivity index (χ4n) is 2.09. The van der Waals surface area contributed by atoms with Crippen LogP contribution in [0.2, 0.25) is 0 Å². The van der Waals surface area contributed by atoms with Crippen LogP contribution in [-0.4, -0.2) is 35.8 Å². The van der Waals surface area contributed by atoms with Crippen molar-refractivity contribution in [2.45, 2.75) is 87.7 Å². The Morgan fingerprint density at radius 1 is 0.444 bits per heavy atom. The molecule has 0 aliphatic rings. The van der Waals surface area contributed by atoms with Crippen LogP contribution < -0.4 is 0 Å². The van der Waals surface area contributed by atoms with Crippen LogP contribution in [0.1, 0.15) is 51.9 Å². The van der Waals surface area contributed by atoms with Crippen molar-refractivity contribution in [2.24, 2.45) is 0 Å². The Morgan fingerprint density at radius 3 is 1.22 bits per heavy atom. The first kappa shape index (κ1) is 26.1. The molecule has 0 fully saturated rings. The van der Waals surface area contributed by atoms with Gasteiger partial charge >= 0.3 is 35.8 Å². The molecule has 0 bridgehead atoms. The fourth-order valence-corrected chi connectivity index (χ4v) is 2.09. The van der Waals surface area contributed by atoms with Crippen molar-refractivity contribution in [3.63, 3.8) is 0 Å². The highest BCUT2D eigenvalue weighted by Gasteiger charge is 2.90. The van der Waals surface area contributed by atoms with Crippen molar-refractivity contribution in [3.8, 4) is 0 Å². The number of hydrogen-bond donors (Lipinski definition) is 0. The molecule has 0 heterocycles. The number of halogens is 13. The largest absolute Gasteiger partial charge is 0.460 e. The molecular weight excluding hydrogens is 415 g/mol. The zero-order valence-electron chi connectivity index (χ0n) is 13.9. The average Bonchev–Trinajstić information content (AvgIpc) is 2.48. The van der Waals surface area contributed by atoms with Crippen molar-refractivity contribution in [1.82, 2.24) is 0 Å². The third kappa shape index (κ3) is 4.75. The van der Waals surface area contributed by atoms with E-state index in [0.717, 1.165) is 6.42 Å². The second-order valence-electron chi connectivity index (χ2n) is 6.02. The Hall–Kier alpha value is -0.910. The quantitative estimate of drug-likeness (QED) is 0.235. The van der Waals surface area contributed by atoms with Gasteiger partial charge in [-0.25, -0.2) is 0 Å². The standard InChI is InChI=1S/C14H17F13/c1-2-3-4-5-6-7-8-9(15,16)10(17,18)11(19,20)12(21,22)13(23,24)14(25,26)27/h2-8H2,1H3. The van der Waals surface area contributed by atoms with Crippen LogP contribution in [0.25, 0.3) is 0 Å². The molecule has 0 amide bonds. The summed E-state index contributed by atoms with van der Waals surface area (Å²) in [7, 11) is 0. The summed E-state index contributed by atoms with van der Waals surface area (Å²) in [6.45, 7) is 1.79. The van der Waals surface area contributed by atoms with Crippen LogP contribution in [0.15, 0.2) is 0 Å². The van der Waals surface area contributed by atoms with Crippen molar-refractivity contribution >= 4 is 0 Å². The molecule has 13 heteroatoms. The minimum atomic E-state index is -7.81. The molecule has 0 nitrogen and oxygen atoms in total. The Kier molecular flexibility index (Phi) is 7.94. The van der Waals surface area contributed by atoms with E-state index < -0.39 is 48.6 Å². The van der Waals surface area contributed by atoms with Crippen molar-refractivity contribution < 1.29 is 57.1 Å². The zero-order valence-corrected chi connectivity index (χ0v) is 13.9. The molecule has 0 spiro atoms.